The second-order valence-electron chi connectivity index (χ2n) is 14.6. The van der Waals surface area contributed by atoms with Gasteiger partial charge in [0.05, 0.1) is 11.0 Å². The van der Waals surface area contributed by atoms with E-state index in [9.17, 15) is 0 Å². The number of nitrogens with zero attached hydrogens (tertiary/aromatic N) is 2. The Morgan fingerprint density at radius 1 is 0.377 bits per heavy atom. The molecule has 0 saturated heterocycles. The first-order valence-electron chi connectivity index (χ1n) is 18.4. The minimum Gasteiger partial charge on any atom is -0.310 e. The molecule has 9 aromatic rings. The van der Waals surface area contributed by atoms with Crippen molar-refractivity contribution in [3.05, 3.63) is 205 Å². The van der Waals surface area contributed by atoms with Gasteiger partial charge in [-0.2, -0.15) is 0 Å². The second-order valence-corrected chi connectivity index (χ2v) is 14.6. The third-order valence-electron chi connectivity index (χ3n) is 11.2. The van der Waals surface area contributed by atoms with Crippen LogP contribution in [0.5, 0.6) is 0 Å². The summed E-state index contributed by atoms with van der Waals surface area (Å²) < 4.78 is 2.37. The molecule has 0 bridgehead atoms. The third-order valence-corrected chi connectivity index (χ3v) is 11.2. The van der Waals surface area contributed by atoms with E-state index in [1.807, 2.05) is 0 Å². The third kappa shape index (κ3) is 5.10. The van der Waals surface area contributed by atoms with Crippen LogP contribution in [0, 0.1) is 0 Å². The molecule has 0 fully saturated rings. The topological polar surface area (TPSA) is 8.17 Å². The van der Waals surface area contributed by atoms with Crippen LogP contribution in [0.2, 0.25) is 0 Å². The van der Waals surface area contributed by atoms with Gasteiger partial charge in [0.2, 0.25) is 0 Å². The molecule has 0 N–H and O–H groups in total. The zero-order chi connectivity index (χ0) is 35.5. The molecule has 1 aliphatic rings. The maximum absolute atomic E-state index is 2.41. The number of fused-ring (bicyclic) bond motifs is 6. The molecule has 2 nitrogen and oxygen atoms in total. The van der Waals surface area contributed by atoms with Crippen LogP contribution in [0.25, 0.3) is 60.9 Å². The van der Waals surface area contributed by atoms with Gasteiger partial charge in [-0.1, -0.05) is 141 Å². The summed E-state index contributed by atoms with van der Waals surface area (Å²) in [6, 6.07) is 70.8. The van der Waals surface area contributed by atoms with E-state index in [-0.39, 0.29) is 5.41 Å². The van der Waals surface area contributed by atoms with Crippen LogP contribution < -0.4 is 4.90 Å². The number of anilines is 3. The lowest BCUT2D eigenvalue weighted by molar-refractivity contribution is 0.660. The summed E-state index contributed by atoms with van der Waals surface area (Å²) in [6.07, 6.45) is 0. The van der Waals surface area contributed by atoms with Crippen LogP contribution in [0.4, 0.5) is 17.1 Å². The first-order chi connectivity index (χ1) is 26.0. The Balaban J connectivity index is 1.07. The van der Waals surface area contributed by atoms with Crippen molar-refractivity contribution in [2.75, 3.05) is 4.90 Å². The fourth-order valence-electron chi connectivity index (χ4n) is 8.52. The highest BCUT2D eigenvalue weighted by atomic mass is 15.1. The lowest BCUT2D eigenvalue weighted by atomic mass is 9.82. The molecule has 1 aromatic heterocycles. The number of hydrogen-bond acceptors (Lipinski definition) is 1. The van der Waals surface area contributed by atoms with E-state index in [0.29, 0.717) is 0 Å². The van der Waals surface area contributed by atoms with Gasteiger partial charge < -0.3 is 9.47 Å². The molecule has 1 heterocycles. The molecule has 0 aliphatic heterocycles. The normalized spacial score (nSPS) is 12.9. The molecule has 0 unspecified atom stereocenters. The second kappa shape index (κ2) is 12.3. The van der Waals surface area contributed by atoms with Crippen LogP contribution in [0.15, 0.2) is 194 Å². The Labute approximate surface area is 310 Å². The van der Waals surface area contributed by atoms with E-state index in [1.54, 1.807) is 0 Å². The van der Waals surface area contributed by atoms with E-state index >= 15 is 0 Å². The number of aromatic nitrogens is 1. The minimum absolute atomic E-state index is 0.0864. The lowest BCUT2D eigenvalue weighted by Crippen LogP contribution is -2.16. The highest BCUT2D eigenvalue weighted by Crippen LogP contribution is 2.50. The molecule has 10 rings (SSSR count). The van der Waals surface area contributed by atoms with Gasteiger partial charge >= 0.3 is 0 Å². The number of benzene rings is 8. The number of rotatable bonds is 6. The molecule has 0 amide bonds. The molecule has 0 saturated carbocycles. The predicted octanol–water partition coefficient (Wildman–Crippen LogP) is 13.9. The van der Waals surface area contributed by atoms with Crippen molar-refractivity contribution < 1.29 is 0 Å². The van der Waals surface area contributed by atoms with Crippen molar-refractivity contribution in [1.29, 1.82) is 0 Å². The van der Waals surface area contributed by atoms with Crippen LogP contribution >= 0.6 is 0 Å². The molecular weight excluding hydrogens is 641 g/mol. The quantitative estimate of drug-likeness (QED) is 0.170. The summed E-state index contributed by atoms with van der Waals surface area (Å²) >= 11 is 0. The summed E-state index contributed by atoms with van der Waals surface area (Å²) in [5.41, 5.74) is 17.2. The van der Waals surface area contributed by atoms with Crippen molar-refractivity contribution >= 4 is 38.9 Å². The van der Waals surface area contributed by atoms with Gasteiger partial charge in [-0.3, -0.25) is 0 Å². The van der Waals surface area contributed by atoms with Crippen molar-refractivity contribution in [2.24, 2.45) is 0 Å². The molecule has 252 valence electrons. The Bertz CT molecular complexity index is 2770. The van der Waals surface area contributed by atoms with Gasteiger partial charge in [-0.25, -0.2) is 0 Å². The Kier molecular flexibility index (Phi) is 7.19. The van der Waals surface area contributed by atoms with Gasteiger partial charge in [0.1, 0.15) is 0 Å². The van der Waals surface area contributed by atoms with Crippen molar-refractivity contribution in [1.82, 2.24) is 4.57 Å². The molecule has 0 atom stereocenters. The summed E-state index contributed by atoms with van der Waals surface area (Å²) in [5.74, 6) is 0. The Hall–Kier alpha value is -6.64. The highest BCUT2D eigenvalue weighted by Gasteiger charge is 2.35. The SMILES string of the molecule is CC1(C)c2ccccc2-c2ccc(N(c3ccc(-c4ccccc4)cc3)c3ccc(-c4ccc5c(c4)c4ccccc4n5-c4ccccc4)cc3)cc21. The molecule has 1 aliphatic carbocycles. The fourth-order valence-corrected chi connectivity index (χ4v) is 8.52. The average Bonchev–Trinajstić information content (AvgIpc) is 3.67. The van der Waals surface area contributed by atoms with E-state index in [4.69, 9.17) is 0 Å². The van der Waals surface area contributed by atoms with Gasteiger partial charge in [0, 0.05) is 38.9 Å². The predicted molar refractivity (Wildman–Crippen MR) is 224 cm³/mol. The van der Waals surface area contributed by atoms with Crippen molar-refractivity contribution in [3.8, 4) is 39.1 Å². The van der Waals surface area contributed by atoms with E-state index in [0.717, 1.165) is 17.1 Å². The largest absolute Gasteiger partial charge is 0.310 e. The first-order valence-corrected chi connectivity index (χ1v) is 18.4. The Morgan fingerprint density at radius 2 is 0.906 bits per heavy atom. The number of para-hydroxylation sites is 2. The summed E-state index contributed by atoms with van der Waals surface area (Å²) in [7, 11) is 0. The minimum atomic E-state index is -0.0864. The van der Waals surface area contributed by atoms with Crippen LogP contribution in [-0.2, 0) is 5.41 Å². The maximum Gasteiger partial charge on any atom is 0.0541 e. The maximum atomic E-state index is 2.41. The van der Waals surface area contributed by atoms with Gasteiger partial charge in [0.25, 0.3) is 0 Å². The molecule has 0 spiro atoms. The summed E-state index contributed by atoms with van der Waals surface area (Å²) in [4.78, 5) is 2.40. The molecule has 8 aromatic carbocycles. The standard InChI is InChI=1S/C51H38N2/c1-51(2)47-19-11-9-17-43(47)44-31-30-42(34-48(44)51)52(40-26-21-36(22-27-40)35-13-5-3-6-14-35)41-28-23-37(24-29-41)38-25-32-50-46(33-38)45-18-10-12-20-49(45)53(50)39-15-7-4-8-16-39/h3-34H,1-2H3. The van der Waals surface area contributed by atoms with Crippen molar-refractivity contribution in [3.63, 3.8) is 0 Å². The van der Waals surface area contributed by atoms with E-state index in [1.165, 1.54) is 72.0 Å². The molecule has 0 radical (unpaired) electrons. The van der Waals surface area contributed by atoms with E-state index in [2.05, 4.69) is 217 Å². The first kappa shape index (κ1) is 31.1. The Morgan fingerprint density at radius 3 is 1.64 bits per heavy atom. The smallest absolute Gasteiger partial charge is 0.0541 e. The zero-order valence-electron chi connectivity index (χ0n) is 29.9. The van der Waals surface area contributed by atoms with Crippen molar-refractivity contribution in [2.45, 2.75) is 19.3 Å². The van der Waals surface area contributed by atoms with Gasteiger partial charge in [0.15, 0.2) is 0 Å². The molecule has 2 heteroatoms. The lowest BCUT2D eigenvalue weighted by Gasteiger charge is -2.28. The fraction of sp³-hybridized carbons (Fsp3) is 0.0588. The van der Waals surface area contributed by atoms with Crippen LogP contribution in [-0.4, -0.2) is 4.57 Å². The summed E-state index contributed by atoms with van der Waals surface area (Å²) in [5, 5.41) is 2.52. The summed E-state index contributed by atoms with van der Waals surface area (Å²) in [6.45, 7) is 4.70. The zero-order valence-corrected chi connectivity index (χ0v) is 29.9. The number of hydrogen-bond donors (Lipinski definition) is 0. The van der Waals surface area contributed by atoms with Crippen LogP contribution in [0.3, 0.4) is 0 Å². The average molecular weight is 679 g/mol. The molecule has 53 heavy (non-hydrogen) atoms. The monoisotopic (exact) mass is 678 g/mol. The van der Waals surface area contributed by atoms with E-state index < -0.39 is 0 Å². The van der Waals surface area contributed by atoms with Gasteiger partial charge in [-0.05, 0) is 111 Å². The van der Waals surface area contributed by atoms with Crippen LogP contribution in [0.1, 0.15) is 25.0 Å². The highest BCUT2D eigenvalue weighted by molar-refractivity contribution is 6.10. The molecular formula is C51H38N2. The van der Waals surface area contributed by atoms with Gasteiger partial charge in [-0.15, -0.1) is 0 Å².